The summed E-state index contributed by atoms with van der Waals surface area (Å²) in [5.41, 5.74) is 1.22. The van der Waals surface area contributed by atoms with Crippen LogP contribution in [0.5, 0.6) is 0 Å². The Kier molecular flexibility index (Phi) is 3.97. The van der Waals surface area contributed by atoms with Crippen LogP contribution in [0.1, 0.15) is 10.4 Å². The molecular weight excluding hydrogens is 288 g/mol. The van der Waals surface area contributed by atoms with Gasteiger partial charge < -0.3 is 5.32 Å². The van der Waals surface area contributed by atoms with Gasteiger partial charge in [-0.3, -0.25) is 4.79 Å². The standard InChI is InChI=1S/C13H12N6OS/c20-12(8-19-9-15-17-18-19)16-13-14-7-11(21-13)6-10-4-2-1-3-5-10/h1-5,7,9H,6,8H2,(H,14,16,20). The molecule has 1 N–H and O–H groups in total. The summed E-state index contributed by atoms with van der Waals surface area (Å²) in [6.07, 6.45) is 3.98. The van der Waals surface area contributed by atoms with Crippen molar-refractivity contribution in [3.8, 4) is 0 Å². The highest BCUT2D eigenvalue weighted by molar-refractivity contribution is 7.15. The Hall–Kier alpha value is -2.61. The van der Waals surface area contributed by atoms with Crippen LogP contribution in [0.15, 0.2) is 42.9 Å². The van der Waals surface area contributed by atoms with Crippen molar-refractivity contribution in [2.75, 3.05) is 5.32 Å². The van der Waals surface area contributed by atoms with E-state index in [1.54, 1.807) is 6.20 Å². The van der Waals surface area contributed by atoms with Crippen LogP contribution in [0, 0.1) is 0 Å². The van der Waals surface area contributed by atoms with Crippen LogP contribution >= 0.6 is 11.3 Å². The van der Waals surface area contributed by atoms with Gasteiger partial charge in [-0.05, 0) is 16.0 Å². The predicted octanol–water partition coefficient (Wildman–Crippen LogP) is 1.36. The molecule has 0 atom stereocenters. The van der Waals surface area contributed by atoms with Crippen molar-refractivity contribution in [3.63, 3.8) is 0 Å². The van der Waals surface area contributed by atoms with Gasteiger partial charge in [0.1, 0.15) is 12.9 Å². The lowest BCUT2D eigenvalue weighted by Crippen LogP contribution is -2.18. The molecule has 1 aromatic carbocycles. The fraction of sp³-hybridized carbons (Fsp3) is 0.154. The van der Waals surface area contributed by atoms with Gasteiger partial charge in [0.05, 0.1) is 0 Å². The minimum atomic E-state index is -0.206. The zero-order chi connectivity index (χ0) is 14.5. The summed E-state index contributed by atoms with van der Waals surface area (Å²) in [6, 6.07) is 10.1. The number of benzene rings is 1. The second-order valence-corrected chi connectivity index (χ2v) is 5.46. The van der Waals surface area contributed by atoms with Crippen molar-refractivity contribution >= 4 is 22.4 Å². The fourth-order valence-electron chi connectivity index (χ4n) is 1.80. The average molecular weight is 300 g/mol. The first-order valence-electron chi connectivity index (χ1n) is 6.29. The first-order chi connectivity index (χ1) is 10.3. The Morgan fingerprint density at radius 3 is 2.90 bits per heavy atom. The second-order valence-electron chi connectivity index (χ2n) is 4.35. The maximum atomic E-state index is 11.8. The van der Waals surface area contributed by atoms with E-state index in [-0.39, 0.29) is 12.5 Å². The van der Waals surface area contributed by atoms with Gasteiger partial charge in [-0.15, -0.1) is 16.4 Å². The van der Waals surface area contributed by atoms with Crippen molar-refractivity contribution in [1.29, 1.82) is 0 Å². The molecule has 0 aliphatic heterocycles. The number of carbonyl (C=O) groups excluding carboxylic acids is 1. The molecule has 2 aromatic heterocycles. The van der Waals surface area contributed by atoms with Gasteiger partial charge in [-0.1, -0.05) is 30.3 Å². The van der Waals surface area contributed by atoms with Crippen molar-refractivity contribution in [3.05, 3.63) is 53.3 Å². The summed E-state index contributed by atoms with van der Waals surface area (Å²) < 4.78 is 1.35. The van der Waals surface area contributed by atoms with Gasteiger partial charge in [0.15, 0.2) is 5.13 Å². The van der Waals surface area contributed by atoms with Crippen LogP contribution in [0.2, 0.25) is 0 Å². The average Bonchev–Trinajstić information content (AvgIpc) is 3.12. The quantitative estimate of drug-likeness (QED) is 0.769. The number of nitrogens with one attached hydrogen (secondary N) is 1. The summed E-state index contributed by atoms with van der Waals surface area (Å²) in [5.74, 6) is -0.206. The number of tetrazole rings is 1. The molecule has 0 radical (unpaired) electrons. The van der Waals surface area contributed by atoms with Crippen molar-refractivity contribution in [2.45, 2.75) is 13.0 Å². The van der Waals surface area contributed by atoms with E-state index in [4.69, 9.17) is 0 Å². The van der Waals surface area contributed by atoms with E-state index in [1.165, 1.54) is 27.9 Å². The van der Waals surface area contributed by atoms with Crippen molar-refractivity contribution in [1.82, 2.24) is 25.2 Å². The monoisotopic (exact) mass is 300 g/mol. The Labute approximate surface area is 124 Å². The largest absolute Gasteiger partial charge is 0.300 e. The van der Waals surface area contributed by atoms with E-state index >= 15 is 0 Å². The molecule has 3 aromatic rings. The number of anilines is 1. The third-order valence-corrected chi connectivity index (χ3v) is 3.63. The molecule has 7 nitrogen and oxygen atoms in total. The molecule has 0 saturated carbocycles. The van der Waals surface area contributed by atoms with Gasteiger partial charge in [0.25, 0.3) is 0 Å². The van der Waals surface area contributed by atoms with Gasteiger partial charge >= 0.3 is 0 Å². The van der Waals surface area contributed by atoms with Crippen LogP contribution in [0.3, 0.4) is 0 Å². The van der Waals surface area contributed by atoms with Crippen LogP contribution in [-0.4, -0.2) is 31.1 Å². The van der Waals surface area contributed by atoms with Crippen molar-refractivity contribution in [2.24, 2.45) is 0 Å². The number of thiazole rings is 1. The third kappa shape index (κ3) is 3.69. The molecule has 1 amide bonds. The van der Waals surface area contributed by atoms with E-state index in [0.717, 1.165) is 11.3 Å². The first kappa shape index (κ1) is 13.4. The van der Waals surface area contributed by atoms with Crippen LogP contribution in [0.4, 0.5) is 5.13 Å². The molecular formula is C13H12N6OS. The number of hydrogen-bond acceptors (Lipinski definition) is 6. The second kappa shape index (κ2) is 6.23. The molecule has 2 heterocycles. The van der Waals surface area contributed by atoms with E-state index in [0.29, 0.717) is 5.13 Å². The van der Waals surface area contributed by atoms with E-state index in [2.05, 4.69) is 38.0 Å². The Balaban J connectivity index is 1.59. The van der Waals surface area contributed by atoms with Crippen LogP contribution in [0.25, 0.3) is 0 Å². The Morgan fingerprint density at radius 1 is 1.29 bits per heavy atom. The highest BCUT2D eigenvalue weighted by atomic mass is 32.1. The molecule has 0 aliphatic carbocycles. The molecule has 0 fully saturated rings. The number of carbonyl (C=O) groups is 1. The van der Waals surface area contributed by atoms with Crippen LogP contribution < -0.4 is 5.32 Å². The number of amides is 1. The topological polar surface area (TPSA) is 85.6 Å². The molecule has 0 aliphatic rings. The summed E-state index contributed by atoms with van der Waals surface area (Å²) in [5, 5.41) is 13.9. The molecule has 106 valence electrons. The lowest BCUT2D eigenvalue weighted by molar-refractivity contribution is -0.116. The molecule has 0 bridgehead atoms. The minimum Gasteiger partial charge on any atom is -0.300 e. The summed E-state index contributed by atoms with van der Waals surface area (Å²) in [6.45, 7) is 0.0700. The molecule has 21 heavy (non-hydrogen) atoms. The number of nitrogens with zero attached hydrogens (tertiary/aromatic N) is 5. The molecule has 8 heteroatoms. The summed E-state index contributed by atoms with van der Waals surface area (Å²) in [7, 11) is 0. The molecule has 0 spiro atoms. The minimum absolute atomic E-state index is 0.0700. The maximum Gasteiger partial charge on any atom is 0.248 e. The highest BCUT2D eigenvalue weighted by Crippen LogP contribution is 2.21. The van der Waals surface area contributed by atoms with Crippen LogP contribution in [-0.2, 0) is 17.8 Å². The number of rotatable bonds is 5. The SMILES string of the molecule is O=C(Cn1cnnn1)Nc1ncc(Cc2ccccc2)s1. The summed E-state index contributed by atoms with van der Waals surface area (Å²) >= 11 is 1.46. The van der Waals surface area contributed by atoms with E-state index in [1.807, 2.05) is 18.2 Å². The molecule has 0 unspecified atom stereocenters. The van der Waals surface area contributed by atoms with Crippen molar-refractivity contribution < 1.29 is 4.79 Å². The smallest absolute Gasteiger partial charge is 0.248 e. The van der Waals surface area contributed by atoms with Gasteiger partial charge in [-0.2, -0.15) is 0 Å². The number of hydrogen-bond donors (Lipinski definition) is 1. The normalized spacial score (nSPS) is 10.5. The molecule has 0 saturated heterocycles. The summed E-state index contributed by atoms with van der Waals surface area (Å²) in [4.78, 5) is 17.1. The predicted molar refractivity (Wildman–Crippen MR) is 77.8 cm³/mol. The maximum absolute atomic E-state index is 11.8. The Bertz CT molecular complexity index is 709. The van der Waals surface area contributed by atoms with E-state index < -0.39 is 0 Å². The zero-order valence-electron chi connectivity index (χ0n) is 11.0. The lowest BCUT2D eigenvalue weighted by atomic mass is 10.1. The zero-order valence-corrected chi connectivity index (χ0v) is 11.8. The highest BCUT2D eigenvalue weighted by Gasteiger charge is 2.08. The molecule has 3 rings (SSSR count). The fourth-order valence-corrected chi connectivity index (χ4v) is 2.67. The Morgan fingerprint density at radius 2 is 2.14 bits per heavy atom. The first-order valence-corrected chi connectivity index (χ1v) is 7.10. The van der Waals surface area contributed by atoms with Gasteiger partial charge in [0.2, 0.25) is 5.91 Å². The number of aromatic nitrogens is 5. The lowest BCUT2D eigenvalue weighted by Gasteiger charge is -2.00. The van der Waals surface area contributed by atoms with E-state index in [9.17, 15) is 4.79 Å². The van der Waals surface area contributed by atoms with Gasteiger partial charge in [0, 0.05) is 17.5 Å². The van der Waals surface area contributed by atoms with Gasteiger partial charge in [-0.25, -0.2) is 9.67 Å². The third-order valence-electron chi connectivity index (χ3n) is 2.72.